The molecule has 210 valence electrons. The zero-order valence-corrected chi connectivity index (χ0v) is 22.5. The fourth-order valence-corrected chi connectivity index (χ4v) is 6.90. The zero-order valence-electron chi connectivity index (χ0n) is 22.5. The van der Waals surface area contributed by atoms with Gasteiger partial charge in [-0.25, -0.2) is 4.79 Å². The van der Waals surface area contributed by atoms with Gasteiger partial charge in [-0.15, -0.1) is 0 Å². The Morgan fingerprint density at radius 1 is 0.854 bits per heavy atom. The number of barbiturate groups is 1. The van der Waals surface area contributed by atoms with Crippen molar-refractivity contribution in [3.8, 4) is 11.5 Å². The maximum absolute atomic E-state index is 14.4. The first-order chi connectivity index (χ1) is 19.9. The van der Waals surface area contributed by atoms with Gasteiger partial charge in [0.25, 0.3) is 5.56 Å². The Bertz CT molecular complexity index is 1600. The Morgan fingerprint density at radius 3 is 2.54 bits per heavy atom. The predicted octanol–water partition coefficient (Wildman–Crippen LogP) is 2.50. The highest BCUT2D eigenvalue weighted by Crippen LogP contribution is 2.40. The lowest BCUT2D eigenvalue weighted by molar-refractivity contribution is -0.154. The van der Waals surface area contributed by atoms with Crippen LogP contribution >= 0.6 is 0 Å². The third-order valence-corrected chi connectivity index (χ3v) is 8.73. The smallest absolute Gasteiger partial charge is 0.331 e. The number of hydrogen-bond acceptors (Lipinski definition) is 7. The molecule has 10 nitrogen and oxygen atoms in total. The van der Waals surface area contributed by atoms with E-state index in [-0.39, 0.29) is 43.7 Å². The summed E-state index contributed by atoms with van der Waals surface area (Å²) in [4.78, 5) is 57.1. The predicted molar refractivity (Wildman–Crippen MR) is 147 cm³/mol. The summed E-state index contributed by atoms with van der Waals surface area (Å²) < 4.78 is 12.9. The minimum Gasteiger partial charge on any atom is -0.454 e. The molecule has 2 saturated heterocycles. The number of rotatable bonds is 6. The number of hydrogen-bond donors (Lipinski definition) is 1. The average Bonchev–Trinajstić information content (AvgIpc) is 3.43. The third-order valence-electron chi connectivity index (χ3n) is 8.73. The summed E-state index contributed by atoms with van der Waals surface area (Å²) in [6.07, 6.45) is 1.04. The van der Waals surface area contributed by atoms with Crippen molar-refractivity contribution >= 4 is 17.8 Å². The maximum Gasteiger partial charge on any atom is 0.331 e. The number of amides is 4. The lowest BCUT2D eigenvalue weighted by atomic mass is 9.75. The second kappa shape index (κ2) is 9.88. The average molecular weight is 555 g/mol. The number of fused-ring (bicyclic) bond motifs is 5. The van der Waals surface area contributed by atoms with E-state index in [4.69, 9.17) is 9.47 Å². The van der Waals surface area contributed by atoms with Crippen LogP contribution < -0.4 is 20.3 Å². The fourth-order valence-electron chi connectivity index (χ4n) is 6.90. The third kappa shape index (κ3) is 4.48. The Morgan fingerprint density at radius 2 is 1.68 bits per heavy atom. The van der Waals surface area contributed by atoms with Gasteiger partial charge >= 0.3 is 6.03 Å². The van der Waals surface area contributed by atoms with Crippen LogP contribution in [0.2, 0.25) is 0 Å². The molecule has 4 amide bonds. The SMILES string of the molecule is O=C1NC(=O)C(Cc2ccc3c(c2)OCO3)(CN2CC3C[C@@H](C2)c2cccc(=O)n2C3)C(=O)N1Cc1ccccc1. The molecule has 2 bridgehead atoms. The highest BCUT2D eigenvalue weighted by Gasteiger charge is 2.55. The van der Waals surface area contributed by atoms with Gasteiger partial charge < -0.3 is 18.9 Å². The molecule has 0 spiro atoms. The summed E-state index contributed by atoms with van der Waals surface area (Å²) in [6, 6.07) is 19.3. The molecule has 2 unspecified atom stereocenters. The van der Waals surface area contributed by atoms with Crippen LogP contribution in [0.5, 0.6) is 11.5 Å². The van der Waals surface area contributed by atoms with Crippen LogP contribution in [0.25, 0.3) is 0 Å². The van der Waals surface area contributed by atoms with E-state index in [0.29, 0.717) is 31.1 Å². The van der Waals surface area contributed by atoms with E-state index < -0.39 is 23.3 Å². The standard InChI is InChI=1S/C31H30N4O6/c36-27-8-4-7-24-23-11-22(16-34(24)27)14-33(17-23)18-31(13-21-9-10-25-26(12-21)41-19-40-25)28(37)32-30(39)35(29(31)38)15-20-5-2-1-3-6-20/h1-10,12,22-23H,11,13-19H2,(H,32,37,39)/t22?,23-,31?/m0/s1. The highest BCUT2D eigenvalue weighted by atomic mass is 16.7. The number of aromatic nitrogens is 1. The van der Waals surface area contributed by atoms with Gasteiger partial charge in [-0.05, 0) is 48.1 Å². The first kappa shape index (κ1) is 25.5. The van der Waals surface area contributed by atoms with E-state index >= 15 is 0 Å². The largest absolute Gasteiger partial charge is 0.454 e. The molecule has 0 saturated carbocycles. The lowest BCUT2D eigenvalue weighted by Crippen LogP contribution is -2.67. The molecular formula is C31H30N4O6. The van der Waals surface area contributed by atoms with E-state index in [9.17, 15) is 19.2 Å². The summed E-state index contributed by atoms with van der Waals surface area (Å²) in [6.45, 7) is 2.18. The van der Waals surface area contributed by atoms with Gasteiger partial charge in [0.2, 0.25) is 18.6 Å². The van der Waals surface area contributed by atoms with Crippen molar-refractivity contribution in [3.63, 3.8) is 0 Å². The minimum atomic E-state index is -1.54. The van der Waals surface area contributed by atoms with Gasteiger partial charge in [0.1, 0.15) is 5.41 Å². The number of piperidine rings is 1. The summed E-state index contributed by atoms with van der Waals surface area (Å²) in [5.74, 6) is 0.395. The van der Waals surface area contributed by atoms with Crippen LogP contribution in [0.1, 0.15) is 29.2 Å². The second-order valence-electron chi connectivity index (χ2n) is 11.5. The zero-order chi connectivity index (χ0) is 28.1. The van der Waals surface area contributed by atoms with Crippen LogP contribution in [-0.2, 0) is 29.1 Å². The van der Waals surface area contributed by atoms with Crippen LogP contribution in [0, 0.1) is 11.3 Å². The Labute approximate surface area is 236 Å². The highest BCUT2D eigenvalue weighted by molar-refractivity contribution is 6.19. The molecule has 2 fully saturated rings. The van der Waals surface area contributed by atoms with Crippen LogP contribution in [0.4, 0.5) is 4.79 Å². The molecule has 4 aliphatic rings. The Balaban J connectivity index is 1.24. The van der Waals surface area contributed by atoms with Crippen molar-refractivity contribution in [1.82, 2.24) is 19.7 Å². The topological polar surface area (TPSA) is 110 Å². The molecule has 41 heavy (non-hydrogen) atoms. The minimum absolute atomic E-state index is 0.00170. The maximum atomic E-state index is 14.4. The molecule has 4 aliphatic heterocycles. The van der Waals surface area contributed by atoms with Crippen LogP contribution in [0.3, 0.4) is 0 Å². The molecule has 3 aromatic rings. The molecule has 0 radical (unpaired) electrons. The van der Waals surface area contributed by atoms with Gasteiger partial charge in [-0.2, -0.15) is 0 Å². The number of benzene rings is 2. The quantitative estimate of drug-likeness (QED) is 0.467. The van der Waals surface area contributed by atoms with Crippen molar-refractivity contribution in [2.75, 3.05) is 26.4 Å². The lowest BCUT2D eigenvalue weighted by Gasteiger charge is -2.47. The molecular weight excluding hydrogens is 524 g/mol. The Kier molecular flexibility index (Phi) is 6.15. The molecule has 1 aromatic heterocycles. The summed E-state index contributed by atoms with van der Waals surface area (Å²) in [5.41, 5.74) is 0.974. The molecule has 1 N–H and O–H groups in total. The number of urea groups is 1. The molecule has 10 heteroatoms. The van der Waals surface area contributed by atoms with Crippen LogP contribution in [0.15, 0.2) is 71.5 Å². The second-order valence-corrected chi connectivity index (χ2v) is 11.5. The number of pyridine rings is 1. The van der Waals surface area contributed by atoms with E-state index in [1.54, 1.807) is 24.3 Å². The molecule has 5 heterocycles. The first-order valence-electron chi connectivity index (χ1n) is 13.9. The van der Waals surface area contributed by atoms with Crippen molar-refractivity contribution in [1.29, 1.82) is 0 Å². The number of likely N-dealkylation sites (tertiary alicyclic amines) is 1. The number of nitrogens with zero attached hydrogens (tertiary/aromatic N) is 3. The van der Waals surface area contributed by atoms with Crippen LogP contribution in [-0.4, -0.2) is 58.6 Å². The van der Waals surface area contributed by atoms with Gasteiger partial charge in [0.15, 0.2) is 11.5 Å². The van der Waals surface area contributed by atoms with Crippen molar-refractivity contribution in [2.45, 2.75) is 31.8 Å². The molecule has 7 rings (SSSR count). The summed E-state index contributed by atoms with van der Waals surface area (Å²) in [5, 5.41) is 2.51. The number of nitrogens with one attached hydrogen (secondary N) is 1. The van der Waals surface area contributed by atoms with Crippen molar-refractivity contribution < 1.29 is 23.9 Å². The number of carbonyl (C=O) groups excluding carboxylic acids is 3. The van der Waals surface area contributed by atoms with E-state index in [1.165, 1.54) is 0 Å². The van der Waals surface area contributed by atoms with Gasteiger partial charge in [-0.1, -0.05) is 42.5 Å². The summed E-state index contributed by atoms with van der Waals surface area (Å²) in [7, 11) is 0. The van der Waals surface area contributed by atoms with Gasteiger partial charge in [-0.3, -0.25) is 24.6 Å². The molecule has 2 aromatic carbocycles. The number of ether oxygens (including phenoxy) is 2. The monoisotopic (exact) mass is 554 g/mol. The number of carbonyl (C=O) groups is 3. The molecule has 3 atom stereocenters. The normalized spacial score (nSPS) is 25.2. The van der Waals surface area contributed by atoms with E-state index in [1.807, 2.05) is 47.0 Å². The van der Waals surface area contributed by atoms with E-state index in [2.05, 4.69) is 10.2 Å². The first-order valence-corrected chi connectivity index (χ1v) is 13.9. The number of imide groups is 2. The van der Waals surface area contributed by atoms with Gasteiger partial charge in [0.05, 0.1) is 6.54 Å². The van der Waals surface area contributed by atoms with Crippen molar-refractivity contribution in [3.05, 3.63) is 93.9 Å². The van der Waals surface area contributed by atoms with Crippen molar-refractivity contribution in [2.24, 2.45) is 11.3 Å². The van der Waals surface area contributed by atoms with E-state index in [0.717, 1.165) is 28.1 Å². The Hall–Kier alpha value is -4.44. The summed E-state index contributed by atoms with van der Waals surface area (Å²) >= 11 is 0. The van der Waals surface area contributed by atoms with Gasteiger partial charge in [0, 0.05) is 43.9 Å². The fraction of sp³-hybridized carbons (Fsp3) is 0.355. The molecule has 0 aliphatic carbocycles.